The fourth-order valence-corrected chi connectivity index (χ4v) is 3.50. The van der Waals surface area contributed by atoms with Gasteiger partial charge in [0, 0.05) is 10.9 Å². The second-order valence-corrected chi connectivity index (χ2v) is 5.88. The van der Waals surface area contributed by atoms with E-state index in [0.717, 1.165) is 16.6 Å². The van der Waals surface area contributed by atoms with Crippen LogP contribution in [0.4, 0.5) is 4.39 Å². The molecule has 23 heavy (non-hydrogen) atoms. The fourth-order valence-electron chi connectivity index (χ4n) is 3.50. The maximum absolute atomic E-state index is 14.2. The quantitative estimate of drug-likeness (QED) is 0.896. The van der Waals surface area contributed by atoms with E-state index in [0.29, 0.717) is 30.5 Å². The molecule has 0 saturated heterocycles. The first-order valence-electron chi connectivity index (χ1n) is 7.84. The van der Waals surface area contributed by atoms with Gasteiger partial charge in [0.15, 0.2) is 0 Å². The lowest BCUT2D eigenvalue weighted by Crippen LogP contribution is -2.37. The van der Waals surface area contributed by atoms with Gasteiger partial charge >= 0.3 is 5.97 Å². The van der Waals surface area contributed by atoms with E-state index >= 15 is 0 Å². The zero-order valence-electron chi connectivity index (χ0n) is 13.3. The second-order valence-electron chi connectivity index (χ2n) is 5.88. The van der Waals surface area contributed by atoms with Gasteiger partial charge in [-0.05, 0) is 37.5 Å². The van der Waals surface area contributed by atoms with Gasteiger partial charge in [-0.25, -0.2) is 4.39 Å². The van der Waals surface area contributed by atoms with Gasteiger partial charge in [-0.15, -0.1) is 0 Å². The van der Waals surface area contributed by atoms with Gasteiger partial charge in [0.2, 0.25) is 0 Å². The highest BCUT2D eigenvalue weighted by Gasteiger charge is 2.41. The zero-order chi connectivity index (χ0) is 16.6. The predicted molar refractivity (Wildman–Crippen MR) is 86.8 cm³/mol. The highest BCUT2D eigenvalue weighted by molar-refractivity contribution is 5.92. The van der Waals surface area contributed by atoms with Gasteiger partial charge < -0.3 is 14.8 Å². The molecule has 0 fully saturated rings. The number of H-pyrrole nitrogens is 1. The van der Waals surface area contributed by atoms with Crippen LogP contribution in [0.3, 0.4) is 0 Å². The highest BCUT2D eigenvalue weighted by atomic mass is 19.1. The molecule has 2 heterocycles. The van der Waals surface area contributed by atoms with Crippen LogP contribution in [0.15, 0.2) is 18.2 Å². The Bertz CT molecular complexity index is 793. The van der Waals surface area contributed by atoms with E-state index in [-0.39, 0.29) is 12.2 Å². The van der Waals surface area contributed by atoms with Crippen LogP contribution >= 0.6 is 0 Å². The minimum Gasteiger partial charge on any atom is -0.481 e. The summed E-state index contributed by atoms with van der Waals surface area (Å²) < 4.78 is 20.0. The van der Waals surface area contributed by atoms with Crippen LogP contribution in [0.25, 0.3) is 17.0 Å². The largest absolute Gasteiger partial charge is 0.481 e. The first kappa shape index (κ1) is 15.7. The molecule has 4 nitrogen and oxygen atoms in total. The first-order chi connectivity index (χ1) is 11.0. The molecule has 0 spiro atoms. The van der Waals surface area contributed by atoms with Gasteiger partial charge in [0.1, 0.15) is 11.4 Å². The van der Waals surface area contributed by atoms with Crippen molar-refractivity contribution in [3.63, 3.8) is 0 Å². The molecule has 1 aliphatic rings. The standard InChI is InChI=1S/C18H20FNO3/c1-3-5-13-14(19)7-6-11-12-8-9-23-18(4-2,10-15(21)22)17(12)20-16(11)13/h3,5-7,20H,4,8-10H2,1-2H3,(H,21,22). The number of nitrogens with one attached hydrogen (secondary N) is 1. The number of carboxylic acid groups (broad SMARTS) is 1. The molecule has 0 radical (unpaired) electrons. The Balaban J connectivity index is 2.28. The van der Waals surface area contributed by atoms with Crippen molar-refractivity contribution in [3.05, 3.63) is 40.8 Å². The highest BCUT2D eigenvalue weighted by Crippen LogP contribution is 2.42. The average molecular weight is 317 g/mol. The first-order valence-corrected chi connectivity index (χ1v) is 7.84. The van der Waals surface area contributed by atoms with E-state index in [4.69, 9.17) is 4.74 Å². The third-order valence-corrected chi connectivity index (χ3v) is 4.60. The molecule has 0 bridgehead atoms. The summed E-state index contributed by atoms with van der Waals surface area (Å²) in [6, 6.07) is 3.23. The van der Waals surface area contributed by atoms with E-state index in [1.54, 1.807) is 18.2 Å². The predicted octanol–water partition coefficient (Wildman–Crippen LogP) is 3.99. The molecule has 5 heteroatoms. The Morgan fingerprint density at radius 1 is 1.52 bits per heavy atom. The van der Waals surface area contributed by atoms with Crippen molar-refractivity contribution in [1.29, 1.82) is 0 Å². The second kappa shape index (κ2) is 5.81. The van der Waals surface area contributed by atoms with Crippen LogP contribution in [0.2, 0.25) is 0 Å². The summed E-state index contributed by atoms with van der Waals surface area (Å²) in [6.45, 7) is 4.22. The summed E-state index contributed by atoms with van der Waals surface area (Å²) in [7, 11) is 0. The number of hydrogen-bond donors (Lipinski definition) is 2. The number of aromatic amines is 1. The molecule has 0 amide bonds. The molecule has 3 rings (SSSR count). The van der Waals surface area contributed by atoms with E-state index in [1.165, 1.54) is 6.07 Å². The summed E-state index contributed by atoms with van der Waals surface area (Å²) in [5, 5.41) is 10.2. The lowest BCUT2D eigenvalue weighted by molar-refractivity contribution is -0.148. The van der Waals surface area contributed by atoms with Gasteiger partial charge in [0.05, 0.1) is 24.2 Å². The number of allylic oxidation sites excluding steroid dienone is 1. The van der Waals surface area contributed by atoms with Crippen molar-refractivity contribution in [2.75, 3.05) is 6.61 Å². The normalized spacial score (nSPS) is 21.0. The van der Waals surface area contributed by atoms with Crippen molar-refractivity contribution in [2.45, 2.75) is 38.7 Å². The maximum atomic E-state index is 14.2. The topological polar surface area (TPSA) is 62.3 Å². The van der Waals surface area contributed by atoms with Crippen LogP contribution in [0.1, 0.15) is 43.5 Å². The van der Waals surface area contributed by atoms with Gasteiger partial charge in [-0.2, -0.15) is 0 Å². The van der Waals surface area contributed by atoms with E-state index in [1.807, 2.05) is 13.8 Å². The van der Waals surface area contributed by atoms with Crippen LogP contribution in [-0.2, 0) is 21.6 Å². The SMILES string of the molecule is CC=Cc1c(F)ccc2c3c([nH]c12)C(CC)(CC(=O)O)OCC3. The molecule has 1 aromatic carbocycles. The van der Waals surface area contributed by atoms with E-state index < -0.39 is 11.6 Å². The van der Waals surface area contributed by atoms with Crippen molar-refractivity contribution in [3.8, 4) is 0 Å². The molecule has 1 unspecified atom stereocenters. The number of fused-ring (bicyclic) bond motifs is 3. The third-order valence-electron chi connectivity index (χ3n) is 4.60. The monoisotopic (exact) mass is 317 g/mol. The van der Waals surface area contributed by atoms with Crippen LogP contribution < -0.4 is 0 Å². The molecule has 1 atom stereocenters. The molecular weight excluding hydrogens is 297 g/mol. The molecule has 2 N–H and O–H groups in total. The van der Waals surface area contributed by atoms with Crippen molar-refractivity contribution in [2.24, 2.45) is 0 Å². The summed E-state index contributed by atoms with van der Waals surface area (Å²) in [6.07, 6.45) is 4.65. The van der Waals surface area contributed by atoms with Crippen LogP contribution in [-0.4, -0.2) is 22.7 Å². The molecule has 2 aromatic rings. The van der Waals surface area contributed by atoms with E-state index in [9.17, 15) is 14.3 Å². The Hall–Kier alpha value is -2.14. The van der Waals surface area contributed by atoms with Gasteiger partial charge in [-0.3, -0.25) is 4.79 Å². The number of carboxylic acids is 1. The number of rotatable bonds is 4. The molecule has 122 valence electrons. The Morgan fingerprint density at radius 2 is 2.30 bits per heavy atom. The summed E-state index contributed by atoms with van der Waals surface area (Å²) in [5.74, 6) is -1.20. The van der Waals surface area contributed by atoms with Crippen molar-refractivity contribution < 1.29 is 19.0 Å². The number of aliphatic carboxylic acids is 1. The van der Waals surface area contributed by atoms with Gasteiger partial charge in [-0.1, -0.05) is 19.1 Å². The average Bonchev–Trinajstić information content (AvgIpc) is 2.90. The van der Waals surface area contributed by atoms with Crippen LogP contribution in [0.5, 0.6) is 0 Å². The van der Waals surface area contributed by atoms with Crippen molar-refractivity contribution >= 4 is 22.9 Å². The number of aromatic nitrogens is 1. The lowest BCUT2D eigenvalue weighted by atomic mass is 9.86. The van der Waals surface area contributed by atoms with E-state index in [2.05, 4.69) is 4.98 Å². The summed E-state index contributed by atoms with van der Waals surface area (Å²) in [5.41, 5.74) is 2.16. The molecule has 0 aliphatic carbocycles. The molecule has 1 aliphatic heterocycles. The van der Waals surface area contributed by atoms with Gasteiger partial charge in [0.25, 0.3) is 0 Å². The Morgan fingerprint density at radius 3 is 2.96 bits per heavy atom. The van der Waals surface area contributed by atoms with Crippen molar-refractivity contribution in [1.82, 2.24) is 4.98 Å². The zero-order valence-corrected chi connectivity index (χ0v) is 13.3. The molecule has 0 saturated carbocycles. The number of halogens is 1. The Labute approximate surface area is 134 Å². The number of hydrogen-bond acceptors (Lipinski definition) is 2. The summed E-state index contributed by atoms with van der Waals surface area (Å²) in [4.78, 5) is 14.6. The summed E-state index contributed by atoms with van der Waals surface area (Å²) >= 11 is 0. The number of benzene rings is 1. The lowest BCUT2D eigenvalue weighted by Gasteiger charge is -2.35. The maximum Gasteiger partial charge on any atom is 0.306 e. The molecule has 1 aromatic heterocycles. The van der Waals surface area contributed by atoms with Crippen LogP contribution in [0, 0.1) is 5.82 Å². The number of ether oxygens (including phenoxy) is 1. The Kier molecular flexibility index (Phi) is 3.98. The minimum atomic E-state index is -0.904. The molecular formula is C18H20FNO3. The minimum absolute atomic E-state index is 0.106. The fraction of sp³-hybridized carbons (Fsp3) is 0.389. The number of carbonyl (C=O) groups is 1. The smallest absolute Gasteiger partial charge is 0.306 e. The third kappa shape index (κ3) is 2.45.